The van der Waals surface area contributed by atoms with Gasteiger partial charge in [-0.15, -0.1) is 0 Å². The van der Waals surface area contributed by atoms with Crippen LogP contribution in [0.15, 0.2) is 76.7 Å². The number of rotatable bonds is 6. The first-order valence-corrected chi connectivity index (χ1v) is 9.67. The van der Waals surface area contributed by atoms with Gasteiger partial charge in [0.2, 0.25) is 5.91 Å². The number of fused-ring (bicyclic) bond motifs is 1. The van der Waals surface area contributed by atoms with E-state index in [1.807, 2.05) is 0 Å². The number of aryl methyl sites for hydroxylation is 1. The second kappa shape index (κ2) is 8.81. The number of carbonyl (C=O) groups excluding carboxylic acids is 1. The van der Waals surface area contributed by atoms with Crippen molar-refractivity contribution in [3.63, 3.8) is 0 Å². The van der Waals surface area contributed by atoms with Gasteiger partial charge in [0, 0.05) is 41.5 Å². The first kappa shape index (κ1) is 20.9. The summed E-state index contributed by atoms with van der Waals surface area (Å²) in [5.74, 6) is -0.565. The van der Waals surface area contributed by atoms with Gasteiger partial charge in [-0.1, -0.05) is 12.6 Å². The van der Waals surface area contributed by atoms with E-state index >= 15 is 0 Å². The predicted octanol–water partition coefficient (Wildman–Crippen LogP) is 4.54. The van der Waals surface area contributed by atoms with Crippen LogP contribution >= 0.6 is 0 Å². The lowest BCUT2D eigenvalue weighted by Crippen LogP contribution is -2.12. The number of nitrogens with zero attached hydrogens (tertiary/aromatic N) is 2. The van der Waals surface area contributed by atoms with Gasteiger partial charge < -0.3 is 14.5 Å². The summed E-state index contributed by atoms with van der Waals surface area (Å²) in [6, 6.07) is 11.2. The summed E-state index contributed by atoms with van der Waals surface area (Å²) < 4.78 is 25.7. The summed E-state index contributed by atoms with van der Waals surface area (Å²) in [6.07, 6.45) is 4.25. The fourth-order valence-electron chi connectivity index (χ4n) is 3.24. The second-order valence-electron chi connectivity index (χ2n) is 6.96. The molecule has 0 aliphatic heterocycles. The molecular weight excluding hydrogens is 413 g/mol. The van der Waals surface area contributed by atoms with E-state index in [4.69, 9.17) is 9.15 Å². The number of hydrogen-bond donors (Lipinski definition) is 1. The number of amides is 1. The van der Waals surface area contributed by atoms with Gasteiger partial charge in [0.1, 0.15) is 17.1 Å². The molecule has 1 N–H and O–H groups in total. The molecule has 0 unspecified atom stereocenters. The van der Waals surface area contributed by atoms with Gasteiger partial charge in [0.05, 0.1) is 0 Å². The molecule has 4 aromatic rings. The molecule has 32 heavy (non-hydrogen) atoms. The summed E-state index contributed by atoms with van der Waals surface area (Å²) in [5, 5.41) is 3.20. The molecule has 0 spiro atoms. The van der Waals surface area contributed by atoms with Crippen molar-refractivity contribution in [1.29, 1.82) is 0 Å². The molecule has 0 bridgehead atoms. The minimum atomic E-state index is -0.563. The van der Waals surface area contributed by atoms with Crippen LogP contribution in [0.3, 0.4) is 0 Å². The minimum Gasteiger partial charge on any atom is -0.424 e. The van der Waals surface area contributed by atoms with Gasteiger partial charge in [0.25, 0.3) is 0 Å². The molecule has 2 aromatic carbocycles. The van der Waals surface area contributed by atoms with Gasteiger partial charge in [0.15, 0.2) is 0 Å². The lowest BCUT2D eigenvalue weighted by Gasteiger charge is -2.11. The number of benzene rings is 2. The fourth-order valence-corrected chi connectivity index (χ4v) is 3.24. The van der Waals surface area contributed by atoms with Gasteiger partial charge in [-0.25, -0.2) is 19.2 Å². The quantitative estimate of drug-likeness (QED) is 0.356. The van der Waals surface area contributed by atoms with Gasteiger partial charge >= 0.3 is 11.6 Å². The van der Waals surface area contributed by atoms with Crippen molar-refractivity contribution in [3.8, 4) is 11.8 Å². The maximum Gasteiger partial charge on any atom is 0.340 e. The molecule has 1 amide bonds. The van der Waals surface area contributed by atoms with Crippen LogP contribution < -0.4 is 15.7 Å². The topological polar surface area (TPSA) is 94.3 Å². The highest BCUT2D eigenvalue weighted by atomic mass is 19.1. The number of ether oxygens (including phenoxy) is 1. The molecule has 4 rings (SSSR count). The summed E-state index contributed by atoms with van der Waals surface area (Å²) in [6.45, 7) is 5.14. The average Bonchev–Trinajstić information content (AvgIpc) is 2.78. The molecule has 2 aromatic heterocycles. The third kappa shape index (κ3) is 4.39. The Kier molecular flexibility index (Phi) is 5.76. The van der Waals surface area contributed by atoms with Crippen LogP contribution in [0.2, 0.25) is 0 Å². The normalized spacial score (nSPS) is 10.7. The largest absolute Gasteiger partial charge is 0.424 e. The molecule has 0 saturated heterocycles. The van der Waals surface area contributed by atoms with E-state index in [0.29, 0.717) is 39.1 Å². The lowest BCUT2D eigenvalue weighted by atomic mass is 9.99. The average molecular weight is 431 g/mol. The molecule has 8 heteroatoms. The number of hydrogen-bond acceptors (Lipinski definition) is 6. The third-order valence-electron chi connectivity index (χ3n) is 4.88. The number of halogens is 1. The van der Waals surface area contributed by atoms with Crippen LogP contribution in [0.4, 0.5) is 10.1 Å². The number of nitrogens with one attached hydrogen (secondary N) is 1. The monoisotopic (exact) mass is 431 g/mol. The molecule has 0 radical (unpaired) electrons. The zero-order valence-electron chi connectivity index (χ0n) is 17.1. The highest BCUT2D eigenvalue weighted by Gasteiger charge is 2.15. The molecule has 0 saturated carbocycles. The number of carbonyl (C=O) groups is 1. The molecule has 0 aliphatic carbocycles. The summed E-state index contributed by atoms with van der Waals surface area (Å²) >= 11 is 0. The van der Waals surface area contributed by atoms with Crippen LogP contribution in [0.1, 0.15) is 16.7 Å². The smallest absolute Gasteiger partial charge is 0.340 e. The van der Waals surface area contributed by atoms with E-state index < -0.39 is 17.3 Å². The SMILES string of the molecule is C=CC(=O)Nc1ccc(Cc2c(C)c3ccc(Oc4ncccn4)cc3oc2=O)c(F)c1. The first-order valence-electron chi connectivity index (χ1n) is 9.67. The Labute approximate surface area is 182 Å². The van der Waals surface area contributed by atoms with Gasteiger partial charge in [-0.05, 0) is 54.5 Å². The molecule has 2 heterocycles. The maximum atomic E-state index is 14.6. The molecule has 0 fully saturated rings. The van der Waals surface area contributed by atoms with E-state index in [9.17, 15) is 14.0 Å². The van der Waals surface area contributed by atoms with Crippen LogP contribution in [0.5, 0.6) is 11.8 Å². The van der Waals surface area contributed by atoms with E-state index in [2.05, 4.69) is 21.9 Å². The van der Waals surface area contributed by atoms with Crippen molar-refractivity contribution < 1.29 is 18.3 Å². The van der Waals surface area contributed by atoms with Crippen molar-refractivity contribution in [3.05, 3.63) is 100 Å². The van der Waals surface area contributed by atoms with Crippen LogP contribution in [-0.4, -0.2) is 15.9 Å². The predicted molar refractivity (Wildman–Crippen MR) is 117 cm³/mol. The molecule has 7 nitrogen and oxygen atoms in total. The molecular formula is C24H18FN3O4. The van der Waals surface area contributed by atoms with E-state index in [1.54, 1.807) is 49.6 Å². The van der Waals surface area contributed by atoms with Crippen LogP contribution in [0, 0.1) is 12.7 Å². The Morgan fingerprint density at radius 1 is 1.22 bits per heavy atom. The van der Waals surface area contributed by atoms with Crippen LogP contribution in [0.25, 0.3) is 11.0 Å². The summed E-state index contributed by atoms with van der Waals surface area (Å²) in [7, 11) is 0. The van der Waals surface area contributed by atoms with E-state index in [1.165, 1.54) is 12.1 Å². The maximum absolute atomic E-state index is 14.6. The highest BCUT2D eigenvalue weighted by molar-refractivity contribution is 5.98. The van der Waals surface area contributed by atoms with Crippen molar-refractivity contribution in [1.82, 2.24) is 9.97 Å². The number of anilines is 1. The van der Waals surface area contributed by atoms with Gasteiger partial charge in [-0.2, -0.15) is 0 Å². The Morgan fingerprint density at radius 3 is 2.72 bits per heavy atom. The molecule has 0 aliphatic rings. The zero-order chi connectivity index (χ0) is 22.7. The van der Waals surface area contributed by atoms with E-state index in [-0.39, 0.29) is 12.4 Å². The summed E-state index contributed by atoms with van der Waals surface area (Å²) in [5.41, 5.74) is 1.41. The minimum absolute atomic E-state index is 0.0434. The molecule has 160 valence electrons. The Hall–Kier alpha value is -4.33. The Morgan fingerprint density at radius 2 is 2.00 bits per heavy atom. The third-order valence-corrected chi connectivity index (χ3v) is 4.88. The lowest BCUT2D eigenvalue weighted by molar-refractivity contribution is -0.111. The van der Waals surface area contributed by atoms with Crippen LogP contribution in [-0.2, 0) is 11.2 Å². The number of aromatic nitrogens is 2. The first-order chi connectivity index (χ1) is 15.4. The Balaban J connectivity index is 1.64. The zero-order valence-corrected chi connectivity index (χ0v) is 17.1. The van der Waals surface area contributed by atoms with Crippen molar-refractivity contribution in [2.75, 3.05) is 5.32 Å². The highest BCUT2D eigenvalue weighted by Crippen LogP contribution is 2.27. The second-order valence-corrected chi connectivity index (χ2v) is 6.96. The van der Waals surface area contributed by atoms with Crippen molar-refractivity contribution in [2.45, 2.75) is 13.3 Å². The Bertz CT molecular complexity index is 1380. The van der Waals surface area contributed by atoms with Crippen molar-refractivity contribution >= 4 is 22.6 Å². The van der Waals surface area contributed by atoms with E-state index in [0.717, 1.165) is 6.08 Å². The van der Waals surface area contributed by atoms with Crippen molar-refractivity contribution in [2.24, 2.45) is 0 Å². The molecule has 0 atom stereocenters. The fraction of sp³-hybridized carbons (Fsp3) is 0.0833. The van der Waals surface area contributed by atoms with Gasteiger partial charge in [-0.3, -0.25) is 4.79 Å². The summed E-state index contributed by atoms with van der Waals surface area (Å²) in [4.78, 5) is 32.0. The standard InChI is InChI=1S/C24H18FN3O4/c1-3-22(29)28-16-6-5-15(20(25)12-16)11-19-14(2)18-8-7-17(13-21(18)32-23(19)30)31-24-26-9-4-10-27-24/h3-10,12-13H,1,11H2,2H3,(H,28,29).